The first kappa shape index (κ1) is 16.6. The summed E-state index contributed by atoms with van der Waals surface area (Å²) >= 11 is 0. The highest BCUT2D eigenvalue weighted by molar-refractivity contribution is 5.94. The number of hydrogen-bond acceptors (Lipinski definition) is 2. The van der Waals surface area contributed by atoms with Crippen LogP contribution in [0, 0.1) is 11.6 Å². The summed E-state index contributed by atoms with van der Waals surface area (Å²) in [6, 6.07) is 9.83. The van der Waals surface area contributed by atoms with Crippen molar-refractivity contribution in [3.63, 3.8) is 0 Å². The van der Waals surface area contributed by atoms with Crippen molar-refractivity contribution in [2.24, 2.45) is 0 Å². The number of hydrogen-bond donors (Lipinski definition) is 1. The van der Waals surface area contributed by atoms with Gasteiger partial charge in [0.15, 0.2) is 11.6 Å². The monoisotopic (exact) mass is 318 g/mol. The third-order valence-corrected chi connectivity index (χ3v) is 3.38. The molecule has 120 valence electrons. The smallest absolute Gasteiger partial charge is 0.254 e. The van der Waals surface area contributed by atoms with Gasteiger partial charge in [0.2, 0.25) is 0 Å². The van der Waals surface area contributed by atoms with Gasteiger partial charge in [0.25, 0.3) is 11.8 Å². The van der Waals surface area contributed by atoms with Crippen molar-refractivity contribution in [1.29, 1.82) is 0 Å². The van der Waals surface area contributed by atoms with Gasteiger partial charge in [-0.05, 0) is 35.9 Å². The molecule has 0 spiro atoms. The predicted molar refractivity (Wildman–Crippen MR) is 82.0 cm³/mol. The van der Waals surface area contributed by atoms with E-state index in [1.165, 1.54) is 11.0 Å². The highest BCUT2D eigenvalue weighted by atomic mass is 19.2. The topological polar surface area (TPSA) is 49.4 Å². The van der Waals surface area contributed by atoms with Crippen molar-refractivity contribution in [2.75, 3.05) is 14.1 Å². The zero-order valence-corrected chi connectivity index (χ0v) is 12.8. The second-order valence-electron chi connectivity index (χ2n) is 5.07. The van der Waals surface area contributed by atoms with Crippen LogP contribution in [0.5, 0.6) is 0 Å². The molecule has 0 atom stereocenters. The lowest BCUT2D eigenvalue weighted by molar-refractivity contribution is 0.0784. The number of carbonyl (C=O) groups excluding carboxylic acids is 2. The maximum atomic E-state index is 13.2. The molecule has 0 fully saturated rings. The average molecular weight is 318 g/mol. The van der Waals surface area contributed by atoms with E-state index in [0.29, 0.717) is 5.56 Å². The van der Waals surface area contributed by atoms with Gasteiger partial charge in [0, 0.05) is 31.8 Å². The summed E-state index contributed by atoms with van der Waals surface area (Å²) in [6.07, 6.45) is 0. The number of benzene rings is 2. The third kappa shape index (κ3) is 3.91. The van der Waals surface area contributed by atoms with E-state index in [4.69, 9.17) is 0 Å². The number of carbonyl (C=O) groups is 2. The molecule has 0 unspecified atom stereocenters. The second-order valence-corrected chi connectivity index (χ2v) is 5.07. The molecule has 6 heteroatoms. The minimum absolute atomic E-state index is 0.0772. The van der Waals surface area contributed by atoms with E-state index in [1.54, 1.807) is 38.4 Å². The first-order valence-corrected chi connectivity index (χ1v) is 6.94. The van der Waals surface area contributed by atoms with E-state index in [2.05, 4.69) is 5.32 Å². The van der Waals surface area contributed by atoms with Crippen LogP contribution in [0.15, 0.2) is 42.5 Å². The number of nitrogens with one attached hydrogen (secondary N) is 1. The molecule has 2 rings (SSSR count). The molecule has 1 N–H and O–H groups in total. The first-order chi connectivity index (χ1) is 10.9. The zero-order valence-electron chi connectivity index (χ0n) is 12.8. The Labute approximate surface area is 132 Å². The Kier molecular flexibility index (Phi) is 5.05. The zero-order chi connectivity index (χ0) is 17.0. The van der Waals surface area contributed by atoms with Gasteiger partial charge in [-0.25, -0.2) is 8.78 Å². The summed E-state index contributed by atoms with van der Waals surface area (Å²) in [5.41, 5.74) is 1.41. The molecule has 0 aromatic heterocycles. The third-order valence-electron chi connectivity index (χ3n) is 3.38. The molecule has 0 aliphatic carbocycles. The number of amides is 2. The fraction of sp³-hybridized carbons (Fsp3) is 0.176. The summed E-state index contributed by atoms with van der Waals surface area (Å²) in [6.45, 7) is 0.284. The van der Waals surface area contributed by atoms with E-state index in [9.17, 15) is 18.4 Å². The molecule has 0 saturated heterocycles. The Balaban J connectivity index is 2.08. The molecule has 0 bridgehead atoms. The molecule has 23 heavy (non-hydrogen) atoms. The van der Waals surface area contributed by atoms with E-state index in [-0.39, 0.29) is 18.0 Å². The molecule has 2 aromatic carbocycles. The van der Waals surface area contributed by atoms with Crippen molar-refractivity contribution in [3.8, 4) is 0 Å². The molecule has 0 saturated carbocycles. The summed E-state index contributed by atoms with van der Waals surface area (Å²) in [4.78, 5) is 25.1. The fourth-order valence-electron chi connectivity index (χ4n) is 2.10. The lowest BCUT2D eigenvalue weighted by Gasteiger charge is -2.17. The van der Waals surface area contributed by atoms with E-state index in [1.807, 2.05) is 0 Å². The Morgan fingerprint density at radius 3 is 2.17 bits per heavy atom. The van der Waals surface area contributed by atoms with Crippen molar-refractivity contribution < 1.29 is 18.4 Å². The Bertz CT molecular complexity index is 730. The minimum atomic E-state index is -1.06. The van der Waals surface area contributed by atoms with Crippen LogP contribution in [0.1, 0.15) is 26.3 Å². The highest BCUT2D eigenvalue weighted by Gasteiger charge is 2.14. The molecule has 0 aliphatic rings. The normalized spacial score (nSPS) is 10.3. The maximum Gasteiger partial charge on any atom is 0.254 e. The van der Waals surface area contributed by atoms with Gasteiger partial charge in [0.1, 0.15) is 0 Å². The molecule has 0 heterocycles. The Hall–Kier alpha value is -2.76. The van der Waals surface area contributed by atoms with Crippen LogP contribution in [0.3, 0.4) is 0 Å². The molecule has 0 aliphatic heterocycles. The van der Waals surface area contributed by atoms with Gasteiger partial charge < -0.3 is 10.2 Å². The van der Waals surface area contributed by atoms with Gasteiger partial charge in [-0.2, -0.15) is 0 Å². The molecule has 0 radical (unpaired) electrons. The molecule has 2 aromatic rings. The largest absolute Gasteiger partial charge is 0.355 e. The summed E-state index contributed by atoms with van der Waals surface area (Å²) in [5.74, 6) is -2.66. The molecular weight excluding hydrogens is 302 g/mol. The molecule has 2 amide bonds. The lowest BCUT2D eigenvalue weighted by Crippen LogP contribution is -2.26. The fourth-order valence-corrected chi connectivity index (χ4v) is 2.10. The van der Waals surface area contributed by atoms with Crippen LogP contribution in [0.4, 0.5) is 8.78 Å². The van der Waals surface area contributed by atoms with E-state index < -0.39 is 17.5 Å². The van der Waals surface area contributed by atoms with E-state index >= 15 is 0 Å². The van der Waals surface area contributed by atoms with Gasteiger partial charge in [0.05, 0.1) is 0 Å². The summed E-state index contributed by atoms with van der Waals surface area (Å²) < 4.78 is 26.1. The molecule has 4 nitrogen and oxygen atoms in total. The summed E-state index contributed by atoms with van der Waals surface area (Å²) in [7, 11) is 3.11. The summed E-state index contributed by atoms with van der Waals surface area (Å²) in [5, 5.41) is 2.52. The Morgan fingerprint density at radius 1 is 1.00 bits per heavy atom. The van der Waals surface area contributed by atoms with Crippen molar-refractivity contribution in [1.82, 2.24) is 10.2 Å². The quantitative estimate of drug-likeness (QED) is 0.942. The van der Waals surface area contributed by atoms with Crippen LogP contribution >= 0.6 is 0 Å². The predicted octanol–water partition coefficient (Wildman–Crippen LogP) is 2.60. The number of nitrogens with zero attached hydrogens (tertiary/aromatic N) is 1. The Morgan fingerprint density at radius 2 is 1.61 bits per heavy atom. The van der Waals surface area contributed by atoms with Gasteiger partial charge in [-0.1, -0.05) is 12.1 Å². The van der Waals surface area contributed by atoms with Crippen LogP contribution in [0.2, 0.25) is 0 Å². The minimum Gasteiger partial charge on any atom is -0.355 e. The standard InChI is InChI=1S/C17H16F2N2O2/c1-20-16(22)12-5-3-11(4-6-12)10-21(2)17(23)13-7-8-14(18)15(19)9-13/h3-9H,10H2,1-2H3,(H,20,22). The first-order valence-electron chi connectivity index (χ1n) is 6.94. The van der Waals surface area contributed by atoms with Crippen LogP contribution in [-0.4, -0.2) is 30.8 Å². The van der Waals surface area contributed by atoms with Gasteiger partial charge in [-0.3, -0.25) is 9.59 Å². The molecular formula is C17H16F2N2O2. The number of rotatable bonds is 4. The highest BCUT2D eigenvalue weighted by Crippen LogP contribution is 2.13. The average Bonchev–Trinajstić information content (AvgIpc) is 2.56. The SMILES string of the molecule is CNC(=O)c1ccc(CN(C)C(=O)c2ccc(F)c(F)c2)cc1. The van der Waals surface area contributed by atoms with Gasteiger partial charge >= 0.3 is 0 Å². The van der Waals surface area contributed by atoms with Crippen LogP contribution < -0.4 is 5.32 Å². The van der Waals surface area contributed by atoms with E-state index in [0.717, 1.165) is 17.7 Å². The van der Waals surface area contributed by atoms with Crippen molar-refractivity contribution in [3.05, 3.63) is 70.8 Å². The van der Waals surface area contributed by atoms with Gasteiger partial charge in [-0.15, -0.1) is 0 Å². The second kappa shape index (κ2) is 7.00. The number of halogens is 2. The van der Waals surface area contributed by atoms with Crippen LogP contribution in [0.25, 0.3) is 0 Å². The van der Waals surface area contributed by atoms with Crippen molar-refractivity contribution in [2.45, 2.75) is 6.54 Å². The van der Waals surface area contributed by atoms with Crippen LogP contribution in [-0.2, 0) is 6.54 Å². The lowest BCUT2D eigenvalue weighted by atomic mass is 10.1. The maximum absolute atomic E-state index is 13.2. The van der Waals surface area contributed by atoms with Crippen molar-refractivity contribution >= 4 is 11.8 Å².